The number of aromatic nitrogens is 1. The normalized spacial score (nSPS) is 16.8. The Morgan fingerprint density at radius 1 is 1.09 bits per heavy atom. The van der Waals surface area contributed by atoms with E-state index in [1.54, 1.807) is 23.2 Å². The van der Waals surface area contributed by atoms with Crippen molar-refractivity contribution in [1.82, 2.24) is 15.2 Å². The van der Waals surface area contributed by atoms with E-state index in [9.17, 15) is 14.0 Å². The van der Waals surface area contributed by atoms with E-state index in [4.69, 9.17) is 0 Å². The van der Waals surface area contributed by atoms with Gasteiger partial charge in [-0.25, -0.2) is 4.39 Å². The zero-order valence-electron chi connectivity index (χ0n) is 18.9. The molecule has 0 radical (unpaired) electrons. The predicted octanol–water partition coefficient (Wildman–Crippen LogP) is 3.98. The van der Waals surface area contributed by atoms with Gasteiger partial charge in [-0.15, -0.1) is 0 Å². The molecule has 1 fully saturated rings. The lowest BCUT2D eigenvalue weighted by Gasteiger charge is -2.32. The highest BCUT2D eigenvalue weighted by atomic mass is 19.1. The van der Waals surface area contributed by atoms with Crippen molar-refractivity contribution in [3.8, 4) is 11.1 Å². The summed E-state index contributed by atoms with van der Waals surface area (Å²) in [5.74, 6) is -0.783. The van der Waals surface area contributed by atoms with E-state index in [0.29, 0.717) is 26.1 Å². The van der Waals surface area contributed by atoms with Crippen LogP contribution in [0.4, 0.5) is 4.39 Å². The summed E-state index contributed by atoms with van der Waals surface area (Å²) in [6.45, 7) is 4.90. The molecule has 2 amide bonds. The molecule has 0 aliphatic carbocycles. The molecule has 2 heterocycles. The maximum Gasteiger partial charge on any atom is 0.232 e. The van der Waals surface area contributed by atoms with Crippen molar-refractivity contribution in [3.63, 3.8) is 0 Å². The largest absolute Gasteiger partial charge is 0.354 e. The fourth-order valence-corrected chi connectivity index (χ4v) is 4.28. The summed E-state index contributed by atoms with van der Waals surface area (Å²) >= 11 is 0. The van der Waals surface area contributed by atoms with Gasteiger partial charge in [0, 0.05) is 32.0 Å². The van der Waals surface area contributed by atoms with Crippen LogP contribution in [0.15, 0.2) is 73.1 Å². The Labute approximate surface area is 193 Å². The molecular weight excluding hydrogens is 417 g/mol. The van der Waals surface area contributed by atoms with Gasteiger partial charge in [0.15, 0.2) is 0 Å². The number of halogens is 1. The SMILES string of the molecule is CC(C)(C(=O)N1CCNC(=O)[C@@H](Cc2ccc(-c3cccnc3)cc2)C1)c1ccc(F)cc1. The third-order valence-corrected chi connectivity index (χ3v) is 6.31. The van der Waals surface area contributed by atoms with Crippen LogP contribution < -0.4 is 5.32 Å². The molecule has 0 unspecified atom stereocenters. The fraction of sp³-hybridized carbons (Fsp3) is 0.296. The van der Waals surface area contributed by atoms with Crippen LogP contribution in [0.3, 0.4) is 0 Å². The third-order valence-electron chi connectivity index (χ3n) is 6.31. The zero-order chi connectivity index (χ0) is 23.4. The Hall–Kier alpha value is -3.54. The third kappa shape index (κ3) is 5.11. The first-order valence-corrected chi connectivity index (χ1v) is 11.2. The first-order valence-electron chi connectivity index (χ1n) is 11.2. The van der Waals surface area contributed by atoms with Gasteiger partial charge in [-0.2, -0.15) is 0 Å². The number of hydrogen-bond donors (Lipinski definition) is 1. The zero-order valence-corrected chi connectivity index (χ0v) is 18.9. The molecule has 5 nitrogen and oxygen atoms in total. The first kappa shape index (κ1) is 22.6. The van der Waals surface area contributed by atoms with Crippen molar-refractivity contribution in [1.29, 1.82) is 0 Å². The van der Waals surface area contributed by atoms with Gasteiger partial charge in [-0.3, -0.25) is 14.6 Å². The fourth-order valence-electron chi connectivity index (χ4n) is 4.28. The number of benzene rings is 2. The average molecular weight is 446 g/mol. The molecule has 4 rings (SSSR count). The summed E-state index contributed by atoms with van der Waals surface area (Å²) in [7, 11) is 0. The second kappa shape index (κ2) is 9.53. The van der Waals surface area contributed by atoms with Crippen molar-refractivity contribution in [2.45, 2.75) is 25.7 Å². The van der Waals surface area contributed by atoms with Gasteiger partial charge in [0.1, 0.15) is 5.82 Å². The summed E-state index contributed by atoms with van der Waals surface area (Å²) in [5, 5.41) is 2.94. The highest BCUT2D eigenvalue weighted by molar-refractivity contribution is 5.88. The molecule has 1 saturated heterocycles. The van der Waals surface area contributed by atoms with Crippen LogP contribution in [-0.4, -0.2) is 41.3 Å². The molecule has 0 saturated carbocycles. The Bertz CT molecular complexity index is 1110. The lowest BCUT2D eigenvalue weighted by Crippen LogP contribution is -2.46. The van der Waals surface area contributed by atoms with E-state index in [-0.39, 0.29) is 23.5 Å². The minimum Gasteiger partial charge on any atom is -0.354 e. The van der Waals surface area contributed by atoms with Gasteiger partial charge < -0.3 is 10.2 Å². The molecular formula is C27H28FN3O2. The summed E-state index contributed by atoms with van der Waals surface area (Å²) in [6.07, 6.45) is 4.10. The van der Waals surface area contributed by atoms with Crippen LogP contribution in [0.2, 0.25) is 0 Å². The van der Waals surface area contributed by atoms with E-state index in [1.807, 2.05) is 56.4 Å². The van der Waals surface area contributed by atoms with E-state index in [1.165, 1.54) is 12.1 Å². The van der Waals surface area contributed by atoms with Crippen LogP contribution in [0.25, 0.3) is 11.1 Å². The van der Waals surface area contributed by atoms with Crippen molar-refractivity contribution in [3.05, 3.63) is 90.0 Å². The summed E-state index contributed by atoms with van der Waals surface area (Å²) in [5.41, 5.74) is 3.07. The monoisotopic (exact) mass is 445 g/mol. The average Bonchev–Trinajstić information content (AvgIpc) is 3.01. The highest BCUT2D eigenvalue weighted by Gasteiger charge is 2.36. The number of carbonyl (C=O) groups excluding carboxylic acids is 2. The molecule has 0 spiro atoms. The number of rotatable bonds is 5. The topological polar surface area (TPSA) is 62.3 Å². The van der Waals surface area contributed by atoms with E-state index in [2.05, 4.69) is 10.3 Å². The molecule has 1 aromatic heterocycles. The predicted molar refractivity (Wildman–Crippen MR) is 126 cm³/mol. The highest BCUT2D eigenvalue weighted by Crippen LogP contribution is 2.27. The van der Waals surface area contributed by atoms with Gasteiger partial charge in [0.2, 0.25) is 11.8 Å². The second-order valence-electron chi connectivity index (χ2n) is 9.01. The van der Waals surface area contributed by atoms with Crippen LogP contribution in [0.5, 0.6) is 0 Å². The maximum atomic E-state index is 13.5. The molecule has 2 aromatic carbocycles. The van der Waals surface area contributed by atoms with Crippen LogP contribution in [-0.2, 0) is 21.4 Å². The number of nitrogens with zero attached hydrogens (tertiary/aromatic N) is 2. The first-order chi connectivity index (χ1) is 15.8. The van der Waals surface area contributed by atoms with Crippen molar-refractivity contribution >= 4 is 11.8 Å². The lowest BCUT2D eigenvalue weighted by atomic mass is 9.83. The quantitative estimate of drug-likeness (QED) is 0.646. The van der Waals surface area contributed by atoms with Gasteiger partial charge >= 0.3 is 0 Å². The number of nitrogens with one attached hydrogen (secondary N) is 1. The second-order valence-corrected chi connectivity index (χ2v) is 9.01. The number of hydrogen-bond acceptors (Lipinski definition) is 3. The molecule has 3 aromatic rings. The van der Waals surface area contributed by atoms with Gasteiger partial charge in [0.25, 0.3) is 0 Å². The minimum absolute atomic E-state index is 0.0405. The lowest BCUT2D eigenvalue weighted by molar-refractivity contribution is -0.137. The van der Waals surface area contributed by atoms with Crippen LogP contribution >= 0.6 is 0 Å². The van der Waals surface area contributed by atoms with Crippen LogP contribution in [0, 0.1) is 11.7 Å². The number of pyridine rings is 1. The van der Waals surface area contributed by atoms with Crippen molar-refractivity contribution in [2.24, 2.45) is 5.92 Å². The molecule has 1 aliphatic rings. The summed E-state index contributed by atoms with van der Waals surface area (Å²) in [4.78, 5) is 32.1. The Morgan fingerprint density at radius 2 is 1.82 bits per heavy atom. The summed E-state index contributed by atoms with van der Waals surface area (Å²) in [6, 6.07) is 18.1. The molecule has 0 bridgehead atoms. The molecule has 170 valence electrons. The van der Waals surface area contributed by atoms with E-state index >= 15 is 0 Å². The summed E-state index contributed by atoms with van der Waals surface area (Å²) < 4.78 is 13.4. The minimum atomic E-state index is -0.822. The van der Waals surface area contributed by atoms with Crippen LogP contribution in [0.1, 0.15) is 25.0 Å². The maximum absolute atomic E-state index is 13.5. The van der Waals surface area contributed by atoms with Gasteiger partial charge in [-0.05, 0) is 60.7 Å². The Balaban J connectivity index is 1.49. The van der Waals surface area contributed by atoms with Crippen molar-refractivity contribution in [2.75, 3.05) is 19.6 Å². The van der Waals surface area contributed by atoms with Crippen molar-refractivity contribution < 1.29 is 14.0 Å². The standard InChI is InChI=1S/C27H28FN3O2/c1-27(2,23-9-11-24(28)12-10-23)26(33)31-15-14-30-25(32)22(18-31)16-19-5-7-20(8-6-19)21-4-3-13-29-17-21/h3-13,17,22H,14-16,18H2,1-2H3,(H,30,32)/t22-/m0/s1. The number of carbonyl (C=O) groups is 2. The molecule has 33 heavy (non-hydrogen) atoms. The molecule has 6 heteroatoms. The van der Waals surface area contributed by atoms with E-state index < -0.39 is 5.41 Å². The van der Waals surface area contributed by atoms with E-state index in [0.717, 1.165) is 22.3 Å². The molecule has 1 atom stereocenters. The Kier molecular flexibility index (Phi) is 6.54. The Morgan fingerprint density at radius 3 is 2.48 bits per heavy atom. The number of amides is 2. The van der Waals surface area contributed by atoms with Gasteiger partial charge in [0.05, 0.1) is 11.3 Å². The smallest absolute Gasteiger partial charge is 0.232 e. The molecule has 1 aliphatic heterocycles. The molecule has 1 N–H and O–H groups in total. The van der Waals surface area contributed by atoms with Gasteiger partial charge in [-0.1, -0.05) is 42.5 Å².